The molecule has 6 aromatic rings. The van der Waals surface area contributed by atoms with Gasteiger partial charge in [0, 0.05) is 28.7 Å². The van der Waals surface area contributed by atoms with Gasteiger partial charge < -0.3 is 4.98 Å². The average Bonchev–Trinajstić information content (AvgIpc) is 3.36. The van der Waals surface area contributed by atoms with Gasteiger partial charge in [-0.1, -0.05) is 42.5 Å². The molecule has 0 saturated carbocycles. The summed E-state index contributed by atoms with van der Waals surface area (Å²) >= 11 is 0. The molecule has 132 valence electrons. The Kier molecular flexibility index (Phi) is 3.10. The number of imidazole rings is 1. The monoisotopic (exact) mass is 361 g/mol. The Hall–Kier alpha value is -3.99. The number of rotatable bonds is 2. The van der Waals surface area contributed by atoms with Gasteiger partial charge in [0.05, 0.1) is 16.6 Å². The Morgan fingerprint density at radius 3 is 2.61 bits per heavy atom. The first-order chi connectivity index (χ1) is 13.9. The van der Waals surface area contributed by atoms with Crippen LogP contribution in [0.15, 0.2) is 79.1 Å². The second-order valence-corrected chi connectivity index (χ2v) is 6.84. The van der Waals surface area contributed by atoms with Gasteiger partial charge in [0.2, 0.25) is 0 Å². The number of H-pyrrole nitrogens is 2. The van der Waals surface area contributed by atoms with Crippen LogP contribution in [0.2, 0.25) is 0 Å². The molecule has 0 aliphatic rings. The second-order valence-electron chi connectivity index (χ2n) is 6.84. The van der Waals surface area contributed by atoms with Crippen LogP contribution in [0.4, 0.5) is 0 Å². The van der Waals surface area contributed by atoms with Crippen molar-refractivity contribution in [3.8, 4) is 22.6 Å². The van der Waals surface area contributed by atoms with Crippen molar-refractivity contribution in [1.29, 1.82) is 0 Å². The van der Waals surface area contributed by atoms with Gasteiger partial charge in [-0.2, -0.15) is 5.10 Å². The maximum Gasteiger partial charge on any atom is 0.159 e. The summed E-state index contributed by atoms with van der Waals surface area (Å²) in [4.78, 5) is 12.5. The molecular formula is C23H15N5. The highest BCUT2D eigenvalue weighted by Crippen LogP contribution is 2.33. The molecule has 2 N–H and O–H groups in total. The summed E-state index contributed by atoms with van der Waals surface area (Å²) in [5.74, 6) is 0.764. The van der Waals surface area contributed by atoms with E-state index in [1.165, 1.54) is 5.39 Å². The van der Waals surface area contributed by atoms with Crippen LogP contribution in [0.5, 0.6) is 0 Å². The molecule has 0 radical (unpaired) electrons. The van der Waals surface area contributed by atoms with Crippen LogP contribution in [0, 0.1) is 0 Å². The van der Waals surface area contributed by atoms with Crippen LogP contribution in [-0.2, 0) is 0 Å². The standard InChI is InChI=1S/C23H15N5/c1-2-6-16-15(5-1)12-24-13-18(16)14-9-10-19-17(11-14)22(28-27-19)23-25-20-7-3-4-8-21(20)26-23/h1-13H,(H,25,26)(H,27,28). The van der Waals surface area contributed by atoms with Crippen molar-refractivity contribution in [3.05, 3.63) is 79.1 Å². The summed E-state index contributed by atoms with van der Waals surface area (Å²) in [6.45, 7) is 0. The lowest BCUT2D eigenvalue weighted by atomic mass is 9.99. The number of benzene rings is 3. The fraction of sp³-hybridized carbons (Fsp3) is 0. The van der Waals surface area contributed by atoms with Crippen molar-refractivity contribution in [3.63, 3.8) is 0 Å². The van der Waals surface area contributed by atoms with Gasteiger partial charge in [-0.25, -0.2) is 4.98 Å². The number of fused-ring (bicyclic) bond motifs is 3. The van der Waals surface area contributed by atoms with E-state index >= 15 is 0 Å². The van der Waals surface area contributed by atoms with E-state index in [0.717, 1.165) is 50.0 Å². The number of pyridine rings is 1. The molecular weight excluding hydrogens is 346 g/mol. The number of nitrogens with zero attached hydrogens (tertiary/aromatic N) is 3. The maximum atomic E-state index is 4.71. The average molecular weight is 361 g/mol. The Bertz CT molecular complexity index is 1440. The molecule has 0 bridgehead atoms. The number of hydrogen-bond donors (Lipinski definition) is 2. The predicted molar refractivity (Wildman–Crippen MR) is 112 cm³/mol. The van der Waals surface area contributed by atoms with E-state index in [0.29, 0.717) is 0 Å². The molecule has 0 saturated heterocycles. The van der Waals surface area contributed by atoms with Gasteiger partial charge in [0.15, 0.2) is 5.82 Å². The summed E-state index contributed by atoms with van der Waals surface area (Å²) < 4.78 is 0. The van der Waals surface area contributed by atoms with Crippen LogP contribution in [-0.4, -0.2) is 25.1 Å². The van der Waals surface area contributed by atoms with Crippen molar-refractivity contribution in [2.75, 3.05) is 0 Å². The molecule has 5 heteroatoms. The molecule has 0 unspecified atom stereocenters. The molecule has 3 aromatic carbocycles. The van der Waals surface area contributed by atoms with E-state index in [-0.39, 0.29) is 0 Å². The van der Waals surface area contributed by atoms with Crippen LogP contribution in [0.3, 0.4) is 0 Å². The van der Waals surface area contributed by atoms with E-state index in [1.807, 2.05) is 42.7 Å². The predicted octanol–water partition coefficient (Wildman–Crippen LogP) is 5.32. The summed E-state index contributed by atoms with van der Waals surface area (Å²) in [5, 5.41) is 11.0. The topological polar surface area (TPSA) is 70.2 Å². The van der Waals surface area contributed by atoms with Crippen molar-refractivity contribution in [2.24, 2.45) is 0 Å². The fourth-order valence-corrected chi connectivity index (χ4v) is 3.77. The van der Waals surface area contributed by atoms with Crippen molar-refractivity contribution >= 4 is 32.7 Å². The molecule has 0 amide bonds. The molecule has 6 rings (SSSR count). The first kappa shape index (κ1) is 15.1. The van der Waals surface area contributed by atoms with Crippen LogP contribution in [0.1, 0.15) is 0 Å². The number of para-hydroxylation sites is 2. The van der Waals surface area contributed by atoms with Gasteiger partial charge in [-0.15, -0.1) is 0 Å². The van der Waals surface area contributed by atoms with Gasteiger partial charge in [-0.3, -0.25) is 10.1 Å². The smallest absolute Gasteiger partial charge is 0.159 e. The normalized spacial score (nSPS) is 11.6. The number of aromatic nitrogens is 5. The third-order valence-corrected chi connectivity index (χ3v) is 5.16. The van der Waals surface area contributed by atoms with E-state index in [4.69, 9.17) is 4.98 Å². The van der Waals surface area contributed by atoms with E-state index < -0.39 is 0 Å². The van der Waals surface area contributed by atoms with Crippen LogP contribution >= 0.6 is 0 Å². The molecule has 3 aromatic heterocycles. The zero-order chi connectivity index (χ0) is 18.5. The highest BCUT2D eigenvalue weighted by Gasteiger charge is 2.14. The van der Waals surface area contributed by atoms with Crippen molar-refractivity contribution in [2.45, 2.75) is 0 Å². The summed E-state index contributed by atoms with van der Waals surface area (Å²) in [6, 6.07) is 22.6. The van der Waals surface area contributed by atoms with Gasteiger partial charge in [0.1, 0.15) is 5.69 Å². The lowest BCUT2D eigenvalue weighted by Crippen LogP contribution is -1.85. The molecule has 3 heterocycles. The third kappa shape index (κ3) is 2.23. The van der Waals surface area contributed by atoms with Crippen LogP contribution in [0.25, 0.3) is 55.4 Å². The summed E-state index contributed by atoms with van der Waals surface area (Å²) in [6.07, 6.45) is 3.82. The number of nitrogens with one attached hydrogen (secondary N) is 2. The van der Waals surface area contributed by atoms with Gasteiger partial charge >= 0.3 is 0 Å². The van der Waals surface area contributed by atoms with Crippen LogP contribution < -0.4 is 0 Å². The first-order valence-corrected chi connectivity index (χ1v) is 9.13. The van der Waals surface area contributed by atoms with Crippen molar-refractivity contribution in [1.82, 2.24) is 25.1 Å². The largest absolute Gasteiger partial charge is 0.337 e. The van der Waals surface area contributed by atoms with Gasteiger partial charge in [0.25, 0.3) is 0 Å². The third-order valence-electron chi connectivity index (χ3n) is 5.16. The minimum atomic E-state index is 0.764. The lowest BCUT2D eigenvalue weighted by molar-refractivity contribution is 1.11. The quantitative estimate of drug-likeness (QED) is 0.438. The molecule has 0 aliphatic carbocycles. The highest BCUT2D eigenvalue weighted by molar-refractivity contribution is 6.00. The molecule has 0 fully saturated rings. The van der Waals surface area contributed by atoms with E-state index in [1.54, 1.807) is 0 Å². The molecule has 0 spiro atoms. The lowest BCUT2D eigenvalue weighted by Gasteiger charge is -2.06. The Morgan fingerprint density at radius 2 is 1.64 bits per heavy atom. The molecule has 5 nitrogen and oxygen atoms in total. The minimum Gasteiger partial charge on any atom is -0.337 e. The van der Waals surface area contributed by atoms with Gasteiger partial charge in [-0.05, 0) is 35.2 Å². The molecule has 0 atom stereocenters. The highest BCUT2D eigenvalue weighted by atomic mass is 15.1. The number of hydrogen-bond acceptors (Lipinski definition) is 3. The Balaban J connectivity index is 1.57. The Labute approximate surface area is 160 Å². The minimum absolute atomic E-state index is 0.764. The number of aromatic amines is 2. The second kappa shape index (κ2) is 5.76. The van der Waals surface area contributed by atoms with E-state index in [9.17, 15) is 0 Å². The maximum absolute atomic E-state index is 4.71. The zero-order valence-corrected chi connectivity index (χ0v) is 14.8. The molecule has 0 aliphatic heterocycles. The first-order valence-electron chi connectivity index (χ1n) is 9.13. The van der Waals surface area contributed by atoms with Crippen molar-refractivity contribution < 1.29 is 0 Å². The van der Waals surface area contributed by atoms with E-state index in [2.05, 4.69) is 56.6 Å². The zero-order valence-electron chi connectivity index (χ0n) is 14.8. The summed E-state index contributed by atoms with van der Waals surface area (Å²) in [5.41, 5.74) is 5.95. The fourth-order valence-electron chi connectivity index (χ4n) is 3.77. The molecule has 28 heavy (non-hydrogen) atoms. The Morgan fingerprint density at radius 1 is 0.750 bits per heavy atom. The SMILES string of the molecule is c1ccc2c(-c3ccc4[nH]nc(-c5nc6ccccc6[nH]5)c4c3)cncc2c1. The summed E-state index contributed by atoms with van der Waals surface area (Å²) in [7, 11) is 0.